The van der Waals surface area contributed by atoms with E-state index in [2.05, 4.69) is 20.5 Å². The molecule has 0 saturated carbocycles. The van der Waals surface area contributed by atoms with Crippen LogP contribution in [0, 0.1) is 6.92 Å². The molecule has 21 heavy (non-hydrogen) atoms. The third kappa shape index (κ3) is 2.54. The lowest BCUT2D eigenvalue weighted by Crippen LogP contribution is -2.41. The van der Waals surface area contributed by atoms with Crippen LogP contribution in [0.5, 0.6) is 0 Å². The van der Waals surface area contributed by atoms with Gasteiger partial charge in [0.05, 0.1) is 22.8 Å². The fraction of sp³-hybridized carbons (Fsp3) is 0.267. The number of para-hydroxylation sites is 1. The van der Waals surface area contributed by atoms with E-state index in [1.165, 1.54) is 0 Å². The van der Waals surface area contributed by atoms with Crippen molar-refractivity contribution in [1.82, 2.24) is 20.5 Å². The monoisotopic (exact) mass is 300 g/mol. The van der Waals surface area contributed by atoms with E-state index in [4.69, 9.17) is 0 Å². The number of fused-ring (bicyclic) bond motifs is 1. The number of aromatic nitrogens is 3. The summed E-state index contributed by atoms with van der Waals surface area (Å²) in [6, 6.07) is 5.57. The summed E-state index contributed by atoms with van der Waals surface area (Å²) in [7, 11) is 0. The Labute approximate surface area is 126 Å². The number of carbonyl (C=O) groups is 1. The SMILES string of the molecule is Cc1cnc(C(C)(C)NC(=O)c2cccc3cn[nH]c23)s1. The van der Waals surface area contributed by atoms with E-state index in [0.717, 1.165) is 20.8 Å². The van der Waals surface area contributed by atoms with E-state index >= 15 is 0 Å². The highest BCUT2D eigenvalue weighted by Gasteiger charge is 2.27. The first-order valence-electron chi connectivity index (χ1n) is 6.65. The summed E-state index contributed by atoms with van der Waals surface area (Å²) in [5.41, 5.74) is 0.825. The maximum atomic E-state index is 12.6. The molecule has 3 rings (SSSR count). The highest BCUT2D eigenvalue weighted by atomic mass is 32.1. The van der Waals surface area contributed by atoms with E-state index in [1.807, 2.05) is 39.1 Å². The van der Waals surface area contributed by atoms with E-state index < -0.39 is 5.54 Å². The van der Waals surface area contributed by atoms with Gasteiger partial charge in [-0.15, -0.1) is 11.3 Å². The van der Waals surface area contributed by atoms with Crippen molar-refractivity contribution in [2.75, 3.05) is 0 Å². The van der Waals surface area contributed by atoms with Gasteiger partial charge in [-0.1, -0.05) is 12.1 Å². The number of hydrogen-bond acceptors (Lipinski definition) is 4. The van der Waals surface area contributed by atoms with Gasteiger partial charge in [-0.05, 0) is 26.8 Å². The average Bonchev–Trinajstić information content (AvgIpc) is 3.05. The lowest BCUT2D eigenvalue weighted by atomic mass is 10.0. The molecule has 2 aromatic heterocycles. The Morgan fingerprint density at radius 2 is 2.14 bits per heavy atom. The van der Waals surface area contributed by atoms with Crippen LogP contribution in [-0.4, -0.2) is 21.1 Å². The molecular formula is C15H16N4OS. The largest absolute Gasteiger partial charge is 0.341 e. The topological polar surface area (TPSA) is 70.7 Å². The normalized spacial score (nSPS) is 11.8. The number of nitrogens with one attached hydrogen (secondary N) is 2. The highest BCUT2D eigenvalue weighted by molar-refractivity contribution is 7.11. The molecule has 0 aliphatic rings. The predicted molar refractivity (Wildman–Crippen MR) is 83.4 cm³/mol. The van der Waals surface area contributed by atoms with Crippen molar-refractivity contribution in [3.63, 3.8) is 0 Å². The van der Waals surface area contributed by atoms with Gasteiger partial charge in [-0.3, -0.25) is 9.89 Å². The van der Waals surface area contributed by atoms with Crippen LogP contribution in [0.4, 0.5) is 0 Å². The number of thiazole rings is 1. The second-order valence-corrected chi connectivity index (χ2v) is 6.73. The molecule has 0 radical (unpaired) electrons. The molecule has 0 unspecified atom stereocenters. The summed E-state index contributed by atoms with van der Waals surface area (Å²) in [5, 5.41) is 11.7. The lowest BCUT2D eigenvalue weighted by Gasteiger charge is -2.24. The summed E-state index contributed by atoms with van der Waals surface area (Å²) in [4.78, 5) is 18.1. The zero-order valence-corrected chi connectivity index (χ0v) is 12.9. The van der Waals surface area contributed by atoms with Crippen LogP contribution in [0.25, 0.3) is 10.9 Å². The van der Waals surface area contributed by atoms with Crippen LogP contribution in [0.3, 0.4) is 0 Å². The highest BCUT2D eigenvalue weighted by Crippen LogP contribution is 2.26. The Balaban J connectivity index is 1.91. The molecule has 6 heteroatoms. The molecule has 108 valence electrons. The molecule has 0 atom stereocenters. The summed E-state index contributed by atoms with van der Waals surface area (Å²) in [6.45, 7) is 5.91. The Bertz CT molecular complexity index is 803. The van der Waals surface area contributed by atoms with Crippen molar-refractivity contribution in [1.29, 1.82) is 0 Å². The van der Waals surface area contributed by atoms with Crippen molar-refractivity contribution in [2.45, 2.75) is 26.3 Å². The first kappa shape index (κ1) is 13.8. The summed E-state index contributed by atoms with van der Waals surface area (Å²) >= 11 is 1.59. The molecule has 0 aliphatic carbocycles. The van der Waals surface area contributed by atoms with Crippen molar-refractivity contribution < 1.29 is 4.79 Å². The zero-order valence-electron chi connectivity index (χ0n) is 12.1. The smallest absolute Gasteiger partial charge is 0.254 e. The van der Waals surface area contributed by atoms with Gasteiger partial charge in [0.25, 0.3) is 5.91 Å². The van der Waals surface area contributed by atoms with E-state index in [1.54, 1.807) is 23.6 Å². The van der Waals surface area contributed by atoms with Gasteiger partial charge in [-0.25, -0.2) is 4.98 Å². The van der Waals surface area contributed by atoms with Crippen molar-refractivity contribution in [3.8, 4) is 0 Å². The number of nitrogens with zero attached hydrogens (tertiary/aromatic N) is 2. The second-order valence-electron chi connectivity index (χ2n) is 5.49. The van der Waals surface area contributed by atoms with Crippen LogP contribution in [0.2, 0.25) is 0 Å². The molecular weight excluding hydrogens is 284 g/mol. The molecule has 3 aromatic rings. The zero-order chi connectivity index (χ0) is 15.0. The molecule has 5 nitrogen and oxygen atoms in total. The molecule has 0 saturated heterocycles. The second kappa shape index (κ2) is 4.96. The minimum Gasteiger partial charge on any atom is -0.341 e. The Morgan fingerprint density at radius 1 is 1.33 bits per heavy atom. The average molecular weight is 300 g/mol. The van der Waals surface area contributed by atoms with Crippen molar-refractivity contribution >= 4 is 28.1 Å². The maximum Gasteiger partial charge on any atom is 0.254 e. The number of aromatic amines is 1. The number of amides is 1. The maximum absolute atomic E-state index is 12.6. The first-order chi connectivity index (χ1) is 9.97. The van der Waals surface area contributed by atoms with Gasteiger partial charge in [0.1, 0.15) is 5.01 Å². The Kier molecular flexibility index (Phi) is 3.25. The molecule has 0 bridgehead atoms. The van der Waals surface area contributed by atoms with Crippen LogP contribution in [-0.2, 0) is 5.54 Å². The third-order valence-electron chi connectivity index (χ3n) is 3.30. The van der Waals surface area contributed by atoms with Gasteiger partial charge in [0.2, 0.25) is 0 Å². The molecule has 1 aromatic carbocycles. The molecule has 0 fully saturated rings. The van der Waals surface area contributed by atoms with E-state index in [9.17, 15) is 4.79 Å². The van der Waals surface area contributed by atoms with Crippen LogP contribution >= 0.6 is 11.3 Å². The fourth-order valence-electron chi connectivity index (χ4n) is 2.21. The number of carbonyl (C=O) groups excluding carboxylic acids is 1. The molecule has 2 N–H and O–H groups in total. The lowest BCUT2D eigenvalue weighted by molar-refractivity contribution is 0.0913. The predicted octanol–water partition coefficient (Wildman–Crippen LogP) is 2.99. The van der Waals surface area contributed by atoms with Crippen LogP contribution < -0.4 is 5.32 Å². The summed E-state index contributed by atoms with van der Waals surface area (Å²) in [6.07, 6.45) is 3.53. The number of rotatable bonds is 3. The molecule has 0 aliphatic heterocycles. The van der Waals surface area contributed by atoms with Gasteiger partial charge in [0.15, 0.2) is 0 Å². The van der Waals surface area contributed by atoms with Crippen molar-refractivity contribution in [2.24, 2.45) is 0 Å². The van der Waals surface area contributed by atoms with Gasteiger partial charge in [0, 0.05) is 16.5 Å². The van der Waals surface area contributed by atoms with Gasteiger partial charge >= 0.3 is 0 Å². The minimum absolute atomic E-state index is 0.136. The van der Waals surface area contributed by atoms with Crippen molar-refractivity contribution in [3.05, 3.63) is 46.0 Å². The Hall–Kier alpha value is -2.21. The van der Waals surface area contributed by atoms with Crippen LogP contribution in [0.15, 0.2) is 30.6 Å². The number of H-pyrrole nitrogens is 1. The number of hydrogen-bond donors (Lipinski definition) is 2. The minimum atomic E-state index is -0.516. The van der Waals surface area contributed by atoms with E-state index in [0.29, 0.717) is 5.56 Å². The van der Waals surface area contributed by atoms with Crippen LogP contribution in [0.1, 0.15) is 34.1 Å². The molecule has 2 heterocycles. The number of aryl methyl sites for hydroxylation is 1. The third-order valence-corrected chi connectivity index (χ3v) is 4.54. The first-order valence-corrected chi connectivity index (χ1v) is 7.46. The molecule has 0 spiro atoms. The van der Waals surface area contributed by atoms with Gasteiger partial charge in [-0.2, -0.15) is 5.10 Å². The standard InChI is InChI=1S/C15H16N4OS/c1-9-7-16-14(21-9)15(2,3)18-13(20)11-6-4-5-10-8-17-19-12(10)11/h4-8H,1-3H3,(H,17,19)(H,18,20). The van der Waals surface area contributed by atoms with E-state index in [-0.39, 0.29) is 5.91 Å². The summed E-state index contributed by atoms with van der Waals surface area (Å²) < 4.78 is 0. The quantitative estimate of drug-likeness (QED) is 0.781. The number of benzene rings is 1. The summed E-state index contributed by atoms with van der Waals surface area (Å²) in [5.74, 6) is -0.136. The Morgan fingerprint density at radius 3 is 2.86 bits per heavy atom. The molecule has 1 amide bonds. The van der Waals surface area contributed by atoms with Gasteiger partial charge < -0.3 is 5.32 Å². The fourth-order valence-corrected chi connectivity index (χ4v) is 3.03.